The van der Waals surface area contributed by atoms with Crippen molar-refractivity contribution in [1.29, 1.82) is 0 Å². The summed E-state index contributed by atoms with van der Waals surface area (Å²) in [6.07, 6.45) is 1.77. The summed E-state index contributed by atoms with van der Waals surface area (Å²) in [5, 5.41) is 5.17. The molecule has 0 bridgehead atoms. The van der Waals surface area contributed by atoms with Crippen LogP contribution >= 0.6 is 0 Å². The van der Waals surface area contributed by atoms with E-state index in [2.05, 4.69) is 39.4 Å². The van der Waals surface area contributed by atoms with Gasteiger partial charge < -0.3 is 9.40 Å². The Morgan fingerprint density at radius 1 is 0.815 bits per heavy atom. The van der Waals surface area contributed by atoms with E-state index in [1.54, 1.807) is 19.9 Å². The Morgan fingerprint density at radius 2 is 1.56 bits per heavy atom. The first-order valence-electron chi connectivity index (χ1n) is 22.4. The van der Waals surface area contributed by atoms with Crippen molar-refractivity contribution < 1.29 is 36.9 Å². The predicted octanol–water partition coefficient (Wildman–Crippen LogP) is 13.2. The minimum atomic E-state index is -2.44. The van der Waals surface area contributed by atoms with Gasteiger partial charge in [0.15, 0.2) is 0 Å². The van der Waals surface area contributed by atoms with E-state index in [4.69, 9.17) is 16.8 Å². The van der Waals surface area contributed by atoms with Crippen molar-refractivity contribution in [2.45, 2.75) is 77.9 Å². The molecule has 3 heterocycles. The second-order valence-electron chi connectivity index (χ2n) is 15.9. The third-order valence-corrected chi connectivity index (χ3v) is 13.5. The molecule has 5 aromatic carbocycles. The number of aryl methyl sites for hydroxylation is 2. The maximum atomic E-state index is 8.76. The molecule has 0 unspecified atom stereocenters. The number of hydrogen-bond donors (Lipinski definition) is 0. The maximum Gasteiger partial charge on any atom is 0 e. The SMILES string of the molecule is [2H]C([2H])([2H])c1cnc(-c2[c-]cc(C([2H])([2H])[2H])c3c2oc2cc4ccc5ccccc5c4cc23)cc1C([2H])(C)C.[2H]C([2H])(c1cc(-c2[c-]cccc2)nc[c]1[Ge]([CH3])([CH3])[CH3])C(C)(C)C.[Ir]. The van der Waals surface area contributed by atoms with Gasteiger partial charge in [0.2, 0.25) is 0 Å². The molecule has 0 atom stereocenters. The van der Waals surface area contributed by atoms with Crippen molar-refractivity contribution in [2.75, 3.05) is 0 Å². The van der Waals surface area contributed by atoms with E-state index in [9.17, 15) is 0 Å². The second-order valence-corrected chi connectivity index (χ2v) is 26.4. The summed E-state index contributed by atoms with van der Waals surface area (Å²) in [4.78, 5) is 9.04. The van der Waals surface area contributed by atoms with Gasteiger partial charge in [0.1, 0.15) is 5.58 Å². The van der Waals surface area contributed by atoms with Crippen LogP contribution in [0.2, 0.25) is 17.3 Å². The first-order chi connectivity index (χ1) is 28.7. The molecule has 8 rings (SSSR count). The summed E-state index contributed by atoms with van der Waals surface area (Å²) in [5.41, 5.74) is 4.05. The monoisotopic (exact) mass is 958 g/mol. The molecule has 0 aliphatic rings. The molecular weight excluding hydrogens is 897 g/mol. The van der Waals surface area contributed by atoms with Crippen molar-refractivity contribution in [2.24, 2.45) is 5.41 Å². The van der Waals surface area contributed by atoms with Gasteiger partial charge in [-0.15, -0.1) is 17.7 Å². The molecule has 5 heteroatoms. The summed E-state index contributed by atoms with van der Waals surface area (Å²) in [7, 11) is 0. The Kier molecular flexibility index (Phi) is 8.43. The van der Waals surface area contributed by atoms with Crippen LogP contribution < -0.4 is 4.40 Å². The number of benzene rings is 5. The molecule has 3 aromatic heterocycles. The Bertz CT molecular complexity index is 2980. The fourth-order valence-corrected chi connectivity index (χ4v) is 9.70. The van der Waals surface area contributed by atoms with Crippen LogP contribution in [0.4, 0.5) is 0 Å². The molecule has 3 nitrogen and oxygen atoms in total. The first kappa shape index (κ1) is 29.2. The van der Waals surface area contributed by atoms with Crippen LogP contribution in [-0.2, 0) is 26.5 Å². The predicted molar refractivity (Wildman–Crippen MR) is 229 cm³/mol. The summed E-state index contributed by atoms with van der Waals surface area (Å²) >= 11 is -2.24. The van der Waals surface area contributed by atoms with Gasteiger partial charge in [-0.1, -0.05) is 74.1 Å². The van der Waals surface area contributed by atoms with Crippen LogP contribution in [0.3, 0.4) is 0 Å². The average molecular weight is 957 g/mol. The van der Waals surface area contributed by atoms with Gasteiger partial charge in [0, 0.05) is 41.3 Å². The van der Waals surface area contributed by atoms with Crippen LogP contribution in [0, 0.1) is 31.3 Å². The van der Waals surface area contributed by atoms with Crippen molar-refractivity contribution >= 4 is 61.1 Å². The normalized spacial score (nSPS) is 15.4. The Hall–Kier alpha value is -4.09. The molecule has 0 amide bonds. The number of hydrogen-bond acceptors (Lipinski definition) is 3. The molecule has 1 radical (unpaired) electrons. The summed E-state index contributed by atoms with van der Waals surface area (Å²) < 4.78 is 82.0. The third-order valence-electron chi connectivity index (χ3n) is 9.32. The van der Waals surface area contributed by atoms with E-state index >= 15 is 0 Å². The van der Waals surface area contributed by atoms with E-state index in [-0.39, 0.29) is 31.2 Å². The van der Waals surface area contributed by atoms with Crippen LogP contribution in [0.15, 0.2) is 108 Å². The zero-order valence-corrected chi connectivity index (χ0v) is 36.4. The number of furan rings is 1. The molecule has 0 fully saturated rings. The van der Waals surface area contributed by atoms with E-state index in [1.807, 2.05) is 106 Å². The van der Waals surface area contributed by atoms with Gasteiger partial charge in [0.05, 0.1) is 5.58 Å². The van der Waals surface area contributed by atoms with Crippen molar-refractivity contribution in [1.82, 2.24) is 9.97 Å². The third kappa shape index (κ3) is 8.13. The minimum Gasteiger partial charge on any atom is 0 e. The smallest absolute Gasteiger partial charge is 0 e. The van der Waals surface area contributed by atoms with Gasteiger partial charge in [-0.05, 0) is 63.2 Å². The summed E-state index contributed by atoms with van der Waals surface area (Å²) in [6.45, 7) is 4.25. The molecule has 277 valence electrons. The van der Waals surface area contributed by atoms with Gasteiger partial charge in [-0.2, -0.15) is 0 Å². The van der Waals surface area contributed by atoms with Crippen molar-refractivity contribution in [3.8, 4) is 22.5 Å². The zero-order valence-electron chi connectivity index (χ0n) is 41.0. The second kappa shape index (κ2) is 15.6. The molecular formula is C49H50GeIrN2O-2. The Balaban J connectivity index is 0.000000236. The first-order valence-corrected chi connectivity index (χ1v) is 25.2. The van der Waals surface area contributed by atoms with E-state index < -0.39 is 44.7 Å². The van der Waals surface area contributed by atoms with Crippen molar-refractivity contribution in [3.63, 3.8) is 0 Å². The Morgan fingerprint density at radius 3 is 2.26 bits per heavy atom. The largest absolute Gasteiger partial charge is 0 e. The van der Waals surface area contributed by atoms with E-state index in [1.165, 1.54) is 12.3 Å². The maximum absolute atomic E-state index is 8.76. The molecule has 0 saturated carbocycles. The molecule has 8 aromatic rings. The van der Waals surface area contributed by atoms with Gasteiger partial charge in [-0.25, -0.2) is 0 Å². The quantitative estimate of drug-likeness (QED) is 0.0980. The number of rotatable bonds is 5. The molecule has 0 spiro atoms. The van der Waals surface area contributed by atoms with Crippen LogP contribution in [0.25, 0.3) is 66.0 Å². The fourth-order valence-electron chi connectivity index (χ4n) is 6.78. The summed E-state index contributed by atoms with van der Waals surface area (Å²) in [5.74, 6) is 5.64. The number of pyridine rings is 2. The van der Waals surface area contributed by atoms with Gasteiger partial charge in [0.25, 0.3) is 0 Å². The fraction of sp³-hybridized carbons (Fsp3) is 0.265. The molecule has 0 aliphatic carbocycles. The number of fused-ring (bicyclic) bond motifs is 6. The van der Waals surface area contributed by atoms with E-state index in [0.29, 0.717) is 38.8 Å². The van der Waals surface area contributed by atoms with Gasteiger partial charge in [-0.3, -0.25) is 0 Å². The van der Waals surface area contributed by atoms with E-state index in [0.717, 1.165) is 42.8 Å². The van der Waals surface area contributed by atoms with Gasteiger partial charge >= 0.3 is 135 Å². The van der Waals surface area contributed by atoms with Crippen LogP contribution in [0.1, 0.15) is 75.1 Å². The molecule has 0 N–H and O–H groups in total. The molecule has 54 heavy (non-hydrogen) atoms. The number of nitrogens with zero attached hydrogens (tertiary/aromatic N) is 2. The number of aromatic nitrogens is 2. The standard InChI is InChI=1S/C30H24NO.C19H26GeN.Ir/c1-17(2)24-15-27(31-16-19(24)4)23-12-9-18(3)29-26-14-25-21(13-28(26)32-30(23)29)11-10-20-7-5-6-8-22(20)25;1-19(2,3)13-16-12-18(15-10-8-7-9-11-15)21-14-17(16)20(4,5)6;/h5-11,13-17H,1-4H3;7-10,12,14H,13H2,1-6H3;/q2*-1;/i3D3,4D3,17D;13D2;. The minimum absolute atomic E-state index is 0. The van der Waals surface area contributed by atoms with Crippen molar-refractivity contribution in [3.05, 3.63) is 138 Å². The molecule has 0 aliphatic heterocycles. The topological polar surface area (TPSA) is 38.9 Å². The summed E-state index contributed by atoms with van der Waals surface area (Å²) in [6, 6.07) is 34.9. The zero-order chi connectivity index (χ0) is 45.4. The van der Waals surface area contributed by atoms with Crippen LogP contribution in [-0.4, -0.2) is 23.2 Å². The van der Waals surface area contributed by atoms with Crippen LogP contribution in [0.5, 0.6) is 0 Å². The molecule has 0 saturated heterocycles. The average Bonchev–Trinajstić information content (AvgIpc) is 3.56. The Labute approximate surface area is 350 Å².